The molecule has 1 fully saturated rings. The zero-order valence-electron chi connectivity index (χ0n) is 11.0. The molecule has 1 aliphatic carbocycles. The van der Waals surface area contributed by atoms with Crippen LogP contribution in [0.4, 0.5) is 0 Å². The summed E-state index contributed by atoms with van der Waals surface area (Å²) in [5.74, 6) is 0. The quantitative estimate of drug-likeness (QED) is 0.823. The van der Waals surface area contributed by atoms with Crippen LogP contribution < -0.4 is 11.1 Å². The van der Waals surface area contributed by atoms with Crippen molar-refractivity contribution in [2.45, 2.75) is 51.1 Å². The summed E-state index contributed by atoms with van der Waals surface area (Å²) >= 11 is 5.47. The van der Waals surface area contributed by atoms with E-state index < -0.39 is 0 Å². The summed E-state index contributed by atoms with van der Waals surface area (Å²) in [6, 6.07) is 9.43. The van der Waals surface area contributed by atoms with Gasteiger partial charge in [0, 0.05) is 17.6 Å². The average molecular weight is 262 g/mol. The van der Waals surface area contributed by atoms with Gasteiger partial charge in [-0.15, -0.1) is 0 Å². The van der Waals surface area contributed by atoms with Crippen LogP contribution in [0.1, 0.15) is 43.7 Å². The van der Waals surface area contributed by atoms with Crippen LogP contribution in [0, 0.1) is 0 Å². The zero-order valence-corrected chi connectivity index (χ0v) is 11.8. The van der Waals surface area contributed by atoms with Crippen molar-refractivity contribution in [2.24, 2.45) is 5.73 Å². The zero-order chi connectivity index (χ0) is 13.0. The first-order valence-corrected chi connectivity index (χ1v) is 7.25. The molecule has 1 aromatic carbocycles. The highest BCUT2D eigenvalue weighted by molar-refractivity contribution is 7.80. The number of rotatable bonds is 3. The van der Waals surface area contributed by atoms with Crippen molar-refractivity contribution in [3.05, 3.63) is 35.4 Å². The maximum absolute atomic E-state index is 5.91. The van der Waals surface area contributed by atoms with Gasteiger partial charge in [0.2, 0.25) is 0 Å². The van der Waals surface area contributed by atoms with Crippen molar-refractivity contribution in [3.8, 4) is 0 Å². The van der Waals surface area contributed by atoms with Crippen molar-refractivity contribution in [2.75, 3.05) is 0 Å². The van der Waals surface area contributed by atoms with Crippen molar-refractivity contribution >= 4 is 17.2 Å². The Hall–Kier alpha value is -0.930. The van der Waals surface area contributed by atoms with E-state index in [-0.39, 0.29) is 0 Å². The van der Waals surface area contributed by atoms with E-state index in [4.69, 9.17) is 18.0 Å². The van der Waals surface area contributed by atoms with Gasteiger partial charge in [0.05, 0.1) is 0 Å². The van der Waals surface area contributed by atoms with Crippen molar-refractivity contribution in [1.82, 2.24) is 5.32 Å². The van der Waals surface area contributed by atoms with Gasteiger partial charge in [-0.25, -0.2) is 0 Å². The Morgan fingerprint density at radius 2 is 1.83 bits per heavy atom. The summed E-state index contributed by atoms with van der Waals surface area (Å²) in [4.78, 5) is 0.873. The number of nitrogens with one attached hydrogen (secondary N) is 1. The Bertz CT molecular complexity index is 391. The molecule has 1 aliphatic rings. The number of aryl methyl sites for hydroxylation is 1. The number of hydrogen-bond acceptors (Lipinski definition) is 2. The summed E-state index contributed by atoms with van der Waals surface area (Å²) in [6.07, 6.45) is 5.55. The largest absolute Gasteiger partial charge is 0.373 e. The second-order valence-electron chi connectivity index (χ2n) is 5.14. The molecule has 18 heavy (non-hydrogen) atoms. The fourth-order valence-electron chi connectivity index (χ4n) is 2.42. The van der Waals surface area contributed by atoms with Gasteiger partial charge in [-0.3, -0.25) is 0 Å². The highest BCUT2D eigenvalue weighted by Gasteiger charge is 2.19. The van der Waals surface area contributed by atoms with E-state index in [1.54, 1.807) is 0 Å². The standard InChI is InChI=1S/C15H22N2S/c1-2-11-3-5-12(6-4-11)15(18)17-14-9-7-13(16)8-10-14/h3-6,13-14H,2,7-10,16H2,1H3,(H,17,18). The first kappa shape index (κ1) is 13.5. The maximum atomic E-state index is 5.91. The summed E-state index contributed by atoms with van der Waals surface area (Å²) in [5.41, 5.74) is 8.38. The van der Waals surface area contributed by atoms with Crippen LogP contribution in [0.5, 0.6) is 0 Å². The fourth-order valence-corrected chi connectivity index (χ4v) is 2.73. The second-order valence-corrected chi connectivity index (χ2v) is 5.54. The van der Waals surface area contributed by atoms with Crippen LogP contribution in [-0.4, -0.2) is 17.1 Å². The lowest BCUT2D eigenvalue weighted by Crippen LogP contribution is -2.40. The van der Waals surface area contributed by atoms with E-state index in [9.17, 15) is 0 Å². The smallest absolute Gasteiger partial charge is 0.106 e. The fraction of sp³-hybridized carbons (Fsp3) is 0.533. The molecule has 0 radical (unpaired) electrons. The molecule has 1 aromatic rings. The lowest BCUT2D eigenvalue weighted by molar-refractivity contribution is 0.374. The van der Waals surface area contributed by atoms with Gasteiger partial charge < -0.3 is 11.1 Å². The Morgan fingerprint density at radius 3 is 2.39 bits per heavy atom. The van der Waals surface area contributed by atoms with E-state index in [0.717, 1.165) is 42.7 Å². The van der Waals surface area contributed by atoms with Crippen molar-refractivity contribution in [1.29, 1.82) is 0 Å². The molecule has 0 aliphatic heterocycles. The molecule has 0 heterocycles. The molecule has 0 unspecified atom stereocenters. The predicted molar refractivity (Wildman–Crippen MR) is 80.9 cm³/mol. The van der Waals surface area contributed by atoms with Crippen molar-refractivity contribution < 1.29 is 0 Å². The van der Waals surface area contributed by atoms with Crippen LogP contribution in [0.15, 0.2) is 24.3 Å². The Balaban J connectivity index is 1.90. The molecule has 3 N–H and O–H groups in total. The minimum atomic E-state index is 0.389. The predicted octanol–water partition coefficient (Wildman–Crippen LogP) is 2.78. The summed E-state index contributed by atoms with van der Waals surface area (Å²) < 4.78 is 0. The van der Waals surface area contributed by atoms with Crippen LogP contribution >= 0.6 is 12.2 Å². The molecule has 0 atom stereocenters. The van der Waals surface area contributed by atoms with E-state index >= 15 is 0 Å². The van der Waals surface area contributed by atoms with Gasteiger partial charge in [0.1, 0.15) is 4.99 Å². The van der Waals surface area contributed by atoms with Crippen LogP contribution in [0.25, 0.3) is 0 Å². The molecule has 0 amide bonds. The highest BCUT2D eigenvalue weighted by atomic mass is 32.1. The normalized spacial score (nSPS) is 23.7. The molecule has 2 nitrogen and oxygen atoms in total. The molecular formula is C15H22N2S. The van der Waals surface area contributed by atoms with Gasteiger partial charge in [0.25, 0.3) is 0 Å². The lowest BCUT2D eigenvalue weighted by Gasteiger charge is -2.27. The van der Waals surface area contributed by atoms with Gasteiger partial charge in [-0.05, 0) is 37.7 Å². The Labute approximate surface area is 115 Å². The van der Waals surface area contributed by atoms with Crippen molar-refractivity contribution in [3.63, 3.8) is 0 Å². The summed E-state index contributed by atoms with van der Waals surface area (Å²) in [5, 5.41) is 3.47. The average Bonchev–Trinajstić information content (AvgIpc) is 2.41. The molecule has 0 spiro atoms. The molecule has 0 aromatic heterocycles. The molecule has 1 saturated carbocycles. The van der Waals surface area contributed by atoms with Gasteiger partial charge in [-0.2, -0.15) is 0 Å². The first-order valence-electron chi connectivity index (χ1n) is 6.84. The minimum Gasteiger partial charge on any atom is -0.373 e. The number of nitrogens with two attached hydrogens (primary N) is 1. The van der Waals surface area contributed by atoms with E-state index in [0.29, 0.717) is 12.1 Å². The number of thiocarbonyl (C=S) groups is 1. The number of hydrogen-bond donors (Lipinski definition) is 2. The second kappa shape index (κ2) is 6.30. The van der Waals surface area contributed by atoms with Crippen LogP contribution in [-0.2, 0) is 6.42 Å². The maximum Gasteiger partial charge on any atom is 0.106 e. The van der Waals surface area contributed by atoms with Gasteiger partial charge >= 0.3 is 0 Å². The third-order valence-electron chi connectivity index (χ3n) is 3.73. The molecular weight excluding hydrogens is 240 g/mol. The Morgan fingerprint density at radius 1 is 1.22 bits per heavy atom. The van der Waals surface area contributed by atoms with Gasteiger partial charge in [0.15, 0.2) is 0 Å². The summed E-state index contributed by atoms with van der Waals surface area (Å²) in [6.45, 7) is 2.16. The summed E-state index contributed by atoms with van der Waals surface area (Å²) in [7, 11) is 0. The SMILES string of the molecule is CCc1ccc(C(=S)NC2CCC(N)CC2)cc1. The molecule has 0 saturated heterocycles. The number of benzene rings is 1. The van der Waals surface area contributed by atoms with E-state index in [1.807, 2.05) is 0 Å². The Kier molecular flexibility index (Phi) is 4.72. The monoisotopic (exact) mass is 262 g/mol. The van der Waals surface area contributed by atoms with Crippen LogP contribution in [0.3, 0.4) is 0 Å². The van der Waals surface area contributed by atoms with E-state index in [1.165, 1.54) is 5.56 Å². The highest BCUT2D eigenvalue weighted by Crippen LogP contribution is 2.17. The minimum absolute atomic E-state index is 0.389. The van der Waals surface area contributed by atoms with Crippen LogP contribution in [0.2, 0.25) is 0 Å². The molecule has 2 rings (SSSR count). The molecule has 98 valence electrons. The topological polar surface area (TPSA) is 38.0 Å². The third-order valence-corrected chi connectivity index (χ3v) is 4.08. The third kappa shape index (κ3) is 3.53. The van der Waals surface area contributed by atoms with E-state index in [2.05, 4.69) is 36.5 Å². The van der Waals surface area contributed by atoms with Gasteiger partial charge in [-0.1, -0.05) is 43.4 Å². The first-order chi connectivity index (χ1) is 8.69. The molecule has 0 bridgehead atoms. The lowest BCUT2D eigenvalue weighted by atomic mass is 9.91. The molecule has 3 heteroatoms.